The maximum Gasteiger partial charge on any atom is 0.257 e. The van der Waals surface area contributed by atoms with Crippen molar-refractivity contribution in [3.63, 3.8) is 0 Å². The number of piperidine rings is 2. The predicted octanol–water partition coefficient (Wildman–Crippen LogP) is 3.65. The third kappa shape index (κ3) is 4.36. The molecule has 1 amide bonds. The molecular weight excluding hydrogens is 440 g/mol. The van der Waals surface area contributed by atoms with Crippen LogP contribution in [0.2, 0.25) is 0 Å². The predicted molar refractivity (Wildman–Crippen MR) is 137 cm³/mol. The SMILES string of the molecule is CN1CCC(CNc2ncc3c(-c4ccn5ncc(C(=O)N6CCCCC6)c5c4)c[nH]c3n2)CC1. The second-order valence-electron chi connectivity index (χ2n) is 9.94. The zero-order chi connectivity index (χ0) is 23.8. The number of likely N-dealkylation sites (tertiary alicyclic amines) is 2. The van der Waals surface area contributed by atoms with E-state index in [4.69, 9.17) is 4.98 Å². The number of amides is 1. The highest BCUT2D eigenvalue weighted by molar-refractivity contribution is 6.02. The minimum atomic E-state index is 0.0689. The molecule has 2 aliphatic heterocycles. The number of rotatable bonds is 5. The molecule has 0 atom stereocenters. The van der Waals surface area contributed by atoms with Crippen LogP contribution in [0.4, 0.5) is 5.95 Å². The Kier molecular flexibility index (Phi) is 5.85. The number of aromatic amines is 1. The van der Waals surface area contributed by atoms with Gasteiger partial charge in [-0.25, -0.2) is 9.50 Å². The first-order chi connectivity index (χ1) is 17.2. The van der Waals surface area contributed by atoms with Crippen LogP contribution in [0, 0.1) is 5.92 Å². The van der Waals surface area contributed by atoms with Crippen LogP contribution in [0.15, 0.2) is 36.9 Å². The van der Waals surface area contributed by atoms with Crippen molar-refractivity contribution in [2.75, 3.05) is 45.1 Å². The van der Waals surface area contributed by atoms with Crippen LogP contribution in [-0.2, 0) is 0 Å². The molecular formula is C26H32N8O. The number of carbonyl (C=O) groups excluding carboxylic acids is 1. The topological polar surface area (TPSA) is 94.5 Å². The molecule has 4 aromatic heterocycles. The molecule has 0 saturated carbocycles. The summed E-state index contributed by atoms with van der Waals surface area (Å²) in [6.07, 6.45) is 13.2. The normalized spacial score (nSPS) is 17.9. The number of aromatic nitrogens is 5. The van der Waals surface area contributed by atoms with Crippen molar-refractivity contribution in [3.8, 4) is 11.1 Å². The number of H-pyrrole nitrogens is 1. The molecule has 182 valence electrons. The standard InChI is InChI=1S/C26H32N8O/c1-32-10-5-18(6-11-32)14-28-26-29-16-21-20(15-27-24(21)31-26)19-7-12-34-23(13-19)22(17-30-34)25(35)33-8-3-2-4-9-33/h7,12-13,15-18H,2-6,8-11,14H2,1H3,(H2,27,28,29,31). The van der Waals surface area contributed by atoms with Gasteiger partial charge >= 0.3 is 0 Å². The van der Waals surface area contributed by atoms with Crippen molar-refractivity contribution >= 4 is 28.4 Å². The zero-order valence-corrected chi connectivity index (χ0v) is 20.2. The average molecular weight is 473 g/mol. The Balaban J connectivity index is 1.24. The van der Waals surface area contributed by atoms with Crippen molar-refractivity contribution in [2.24, 2.45) is 5.92 Å². The summed E-state index contributed by atoms with van der Waals surface area (Å²) in [6.45, 7) is 4.85. The van der Waals surface area contributed by atoms with Crippen molar-refractivity contribution < 1.29 is 4.79 Å². The Morgan fingerprint density at radius 1 is 1.14 bits per heavy atom. The first-order valence-corrected chi connectivity index (χ1v) is 12.7. The molecule has 2 aliphatic rings. The van der Waals surface area contributed by atoms with Gasteiger partial charge in [0.1, 0.15) is 5.65 Å². The van der Waals surface area contributed by atoms with Gasteiger partial charge in [0, 0.05) is 49.2 Å². The summed E-state index contributed by atoms with van der Waals surface area (Å²) in [5, 5.41) is 8.81. The van der Waals surface area contributed by atoms with Crippen molar-refractivity contribution in [1.29, 1.82) is 0 Å². The molecule has 6 rings (SSSR count). The van der Waals surface area contributed by atoms with Crippen LogP contribution in [0.1, 0.15) is 42.5 Å². The third-order valence-corrected chi connectivity index (χ3v) is 7.53. The van der Waals surface area contributed by atoms with Gasteiger partial charge in [0.25, 0.3) is 5.91 Å². The maximum atomic E-state index is 13.2. The van der Waals surface area contributed by atoms with E-state index in [9.17, 15) is 4.79 Å². The zero-order valence-electron chi connectivity index (χ0n) is 20.2. The fourth-order valence-corrected chi connectivity index (χ4v) is 5.31. The molecule has 9 heteroatoms. The molecule has 6 heterocycles. The fraction of sp³-hybridized carbons (Fsp3) is 0.462. The number of fused-ring (bicyclic) bond motifs is 2. The Bertz CT molecular complexity index is 1340. The number of nitrogens with one attached hydrogen (secondary N) is 2. The van der Waals surface area contributed by atoms with Gasteiger partial charge in [0.05, 0.1) is 17.3 Å². The number of hydrogen-bond donors (Lipinski definition) is 2. The van der Waals surface area contributed by atoms with E-state index >= 15 is 0 Å². The Morgan fingerprint density at radius 2 is 1.97 bits per heavy atom. The van der Waals surface area contributed by atoms with Crippen LogP contribution >= 0.6 is 0 Å². The average Bonchev–Trinajstić information content (AvgIpc) is 3.52. The summed E-state index contributed by atoms with van der Waals surface area (Å²) >= 11 is 0. The highest BCUT2D eigenvalue weighted by atomic mass is 16.2. The van der Waals surface area contributed by atoms with E-state index in [-0.39, 0.29) is 5.91 Å². The number of hydrogen-bond acceptors (Lipinski definition) is 6. The lowest BCUT2D eigenvalue weighted by molar-refractivity contribution is 0.0726. The molecule has 2 fully saturated rings. The fourth-order valence-electron chi connectivity index (χ4n) is 5.31. The number of nitrogens with zero attached hydrogens (tertiary/aromatic N) is 6. The van der Waals surface area contributed by atoms with E-state index in [1.165, 1.54) is 19.3 Å². The lowest BCUT2D eigenvalue weighted by Crippen LogP contribution is -2.35. The molecule has 0 spiro atoms. The van der Waals surface area contributed by atoms with E-state index < -0.39 is 0 Å². The molecule has 0 bridgehead atoms. The quantitative estimate of drug-likeness (QED) is 0.460. The monoisotopic (exact) mass is 472 g/mol. The van der Waals surface area contributed by atoms with Crippen molar-refractivity contribution in [1.82, 2.24) is 34.4 Å². The van der Waals surface area contributed by atoms with Crippen LogP contribution in [0.5, 0.6) is 0 Å². The van der Waals surface area contributed by atoms with Crippen molar-refractivity contribution in [3.05, 3.63) is 42.5 Å². The van der Waals surface area contributed by atoms with Gasteiger partial charge in [0.15, 0.2) is 0 Å². The summed E-state index contributed by atoms with van der Waals surface area (Å²) < 4.78 is 1.77. The van der Waals surface area contributed by atoms with Crippen LogP contribution in [0.3, 0.4) is 0 Å². The van der Waals surface area contributed by atoms with Gasteiger partial charge in [-0.15, -0.1) is 0 Å². The molecule has 0 unspecified atom stereocenters. The molecule has 0 aromatic carbocycles. The second-order valence-corrected chi connectivity index (χ2v) is 9.94. The molecule has 0 radical (unpaired) electrons. The Morgan fingerprint density at radius 3 is 2.80 bits per heavy atom. The highest BCUT2D eigenvalue weighted by Crippen LogP contribution is 2.30. The molecule has 9 nitrogen and oxygen atoms in total. The van der Waals surface area contributed by atoms with Crippen molar-refractivity contribution in [2.45, 2.75) is 32.1 Å². The smallest absolute Gasteiger partial charge is 0.257 e. The van der Waals surface area contributed by atoms with E-state index in [1.54, 1.807) is 10.7 Å². The summed E-state index contributed by atoms with van der Waals surface area (Å²) in [6, 6.07) is 4.06. The van der Waals surface area contributed by atoms with Crippen LogP contribution in [-0.4, -0.2) is 80.0 Å². The molecule has 2 saturated heterocycles. The minimum absolute atomic E-state index is 0.0689. The first-order valence-electron chi connectivity index (χ1n) is 12.7. The van der Waals surface area contributed by atoms with Gasteiger partial charge in [0.2, 0.25) is 5.95 Å². The van der Waals surface area contributed by atoms with Gasteiger partial charge in [-0.05, 0) is 75.9 Å². The van der Waals surface area contributed by atoms with Gasteiger partial charge in [-0.3, -0.25) is 4.79 Å². The summed E-state index contributed by atoms with van der Waals surface area (Å²) in [4.78, 5) is 30.1. The molecule has 0 aliphatic carbocycles. The van der Waals surface area contributed by atoms with E-state index in [2.05, 4.69) is 32.3 Å². The van der Waals surface area contributed by atoms with E-state index in [0.29, 0.717) is 17.4 Å². The lowest BCUT2D eigenvalue weighted by atomic mass is 9.97. The molecule has 4 aromatic rings. The number of pyridine rings is 1. The molecule has 35 heavy (non-hydrogen) atoms. The summed E-state index contributed by atoms with van der Waals surface area (Å²) in [7, 11) is 2.18. The largest absolute Gasteiger partial charge is 0.354 e. The van der Waals surface area contributed by atoms with Gasteiger partial charge < -0.3 is 20.1 Å². The molecule has 2 N–H and O–H groups in total. The highest BCUT2D eigenvalue weighted by Gasteiger charge is 2.22. The minimum Gasteiger partial charge on any atom is -0.354 e. The van der Waals surface area contributed by atoms with Crippen LogP contribution < -0.4 is 5.32 Å². The van der Waals surface area contributed by atoms with Gasteiger partial charge in [-0.1, -0.05) is 0 Å². The lowest BCUT2D eigenvalue weighted by Gasteiger charge is -2.28. The maximum absolute atomic E-state index is 13.2. The summed E-state index contributed by atoms with van der Waals surface area (Å²) in [5.74, 6) is 1.39. The number of carbonyl (C=O) groups is 1. The van der Waals surface area contributed by atoms with Gasteiger partial charge in [-0.2, -0.15) is 10.1 Å². The second kappa shape index (κ2) is 9.30. The first kappa shape index (κ1) is 22.0. The third-order valence-electron chi connectivity index (χ3n) is 7.53. The number of anilines is 1. The van der Waals surface area contributed by atoms with E-state index in [1.807, 2.05) is 35.6 Å². The summed E-state index contributed by atoms with van der Waals surface area (Å²) in [5.41, 5.74) is 4.31. The Hall–Kier alpha value is -3.46. The van der Waals surface area contributed by atoms with E-state index in [0.717, 1.165) is 73.2 Å². The Labute approximate surface area is 204 Å². The van der Waals surface area contributed by atoms with Crippen LogP contribution in [0.25, 0.3) is 27.7 Å².